The number of aromatic nitrogens is 1. The number of hydrogen-bond acceptors (Lipinski definition) is 3. The summed E-state index contributed by atoms with van der Waals surface area (Å²) < 4.78 is 4.70. The van der Waals surface area contributed by atoms with Crippen molar-refractivity contribution in [1.29, 1.82) is 0 Å². The number of aryl methyl sites for hydroxylation is 1. The Balaban J connectivity index is 1.51. The first-order valence-corrected chi connectivity index (χ1v) is 11.2. The molecule has 4 rings (SSSR count). The van der Waals surface area contributed by atoms with E-state index in [-0.39, 0.29) is 5.97 Å². The van der Waals surface area contributed by atoms with Gasteiger partial charge in [-0.1, -0.05) is 50.2 Å². The monoisotopic (exact) mass is 416 g/mol. The number of methoxy groups -OCH3 is 1. The van der Waals surface area contributed by atoms with Crippen LogP contribution in [-0.4, -0.2) is 36.1 Å². The van der Waals surface area contributed by atoms with Crippen LogP contribution < -0.4 is 0 Å². The van der Waals surface area contributed by atoms with Crippen molar-refractivity contribution < 1.29 is 9.53 Å². The molecule has 0 fully saturated rings. The molecule has 1 N–H and O–H groups in total. The number of carbonyl (C=O) groups is 1. The number of fused-ring (bicyclic) bond motifs is 2. The molecule has 0 saturated heterocycles. The van der Waals surface area contributed by atoms with E-state index in [9.17, 15) is 4.79 Å². The first-order valence-electron chi connectivity index (χ1n) is 11.2. The Morgan fingerprint density at radius 1 is 1.26 bits per heavy atom. The minimum atomic E-state index is -0.321. The molecule has 0 saturated carbocycles. The minimum absolute atomic E-state index is 0.321. The van der Waals surface area contributed by atoms with Crippen molar-refractivity contribution in [1.82, 2.24) is 9.88 Å². The minimum Gasteiger partial charge on any atom is -0.466 e. The molecular weight excluding hydrogens is 384 g/mol. The van der Waals surface area contributed by atoms with E-state index in [4.69, 9.17) is 4.74 Å². The number of aromatic amines is 1. The number of nitrogens with one attached hydrogen (secondary N) is 1. The van der Waals surface area contributed by atoms with Gasteiger partial charge in [0.05, 0.1) is 7.11 Å². The summed E-state index contributed by atoms with van der Waals surface area (Å²) in [6.45, 7) is 6.75. The fourth-order valence-corrected chi connectivity index (χ4v) is 4.78. The molecule has 0 aliphatic heterocycles. The number of hydrogen-bond donors (Lipinski definition) is 1. The zero-order valence-electron chi connectivity index (χ0n) is 18.7. The van der Waals surface area contributed by atoms with Gasteiger partial charge in [0.25, 0.3) is 0 Å². The average Bonchev–Trinajstić information content (AvgIpc) is 3.38. The highest BCUT2D eigenvalue weighted by molar-refractivity contribution is 5.87. The summed E-state index contributed by atoms with van der Waals surface area (Å²) in [7, 11) is 1.40. The number of ether oxygens (including phenoxy) is 1. The summed E-state index contributed by atoms with van der Waals surface area (Å²) in [5.41, 5.74) is 6.50. The number of esters is 1. The molecule has 1 aromatic heterocycles. The quantitative estimate of drug-likeness (QED) is 0.387. The van der Waals surface area contributed by atoms with Crippen molar-refractivity contribution in [2.45, 2.75) is 39.2 Å². The predicted octanol–water partition coefficient (Wildman–Crippen LogP) is 5.54. The van der Waals surface area contributed by atoms with Crippen LogP contribution in [0.1, 0.15) is 48.6 Å². The van der Waals surface area contributed by atoms with Crippen LogP contribution in [0.5, 0.6) is 0 Å². The molecule has 0 spiro atoms. The van der Waals surface area contributed by atoms with Gasteiger partial charge in [0.15, 0.2) is 0 Å². The Labute approximate surface area is 184 Å². The first kappa shape index (κ1) is 21.4. The maximum atomic E-state index is 11.4. The molecule has 2 aromatic carbocycles. The van der Waals surface area contributed by atoms with Gasteiger partial charge in [-0.25, -0.2) is 4.79 Å². The third kappa shape index (κ3) is 4.91. The van der Waals surface area contributed by atoms with Crippen LogP contribution in [-0.2, 0) is 22.4 Å². The van der Waals surface area contributed by atoms with Gasteiger partial charge in [0, 0.05) is 42.3 Å². The Bertz CT molecular complexity index is 1080. The van der Waals surface area contributed by atoms with Gasteiger partial charge in [-0.3, -0.25) is 4.90 Å². The topological polar surface area (TPSA) is 45.3 Å². The van der Waals surface area contributed by atoms with Crippen LogP contribution in [0, 0.1) is 5.92 Å². The molecule has 0 amide bonds. The van der Waals surface area contributed by atoms with Crippen molar-refractivity contribution in [3.05, 3.63) is 77.0 Å². The van der Waals surface area contributed by atoms with E-state index in [2.05, 4.69) is 72.4 Å². The molecule has 1 heterocycles. The molecule has 4 heteroatoms. The summed E-state index contributed by atoms with van der Waals surface area (Å²) >= 11 is 0. The number of rotatable bonds is 8. The fourth-order valence-electron chi connectivity index (χ4n) is 4.78. The lowest BCUT2D eigenvalue weighted by molar-refractivity contribution is -0.134. The smallest absolute Gasteiger partial charge is 0.330 e. The Hall–Kier alpha value is -2.85. The van der Waals surface area contributed by atoms with E-state index in [1.165, 1.54) is 40.8 Å². The lowest BCUT2D eigenvalue weighted by Crippen LogP contribution is -2.33. The van der Waals surface area contributed by atoms with Crippen molar-refractivity contribution in [3.8, 4) is 0 Å². The summed E-state index contributed by atoms with van der Waals surface area (Å²) in [6.07, 6.45) is 8.77. The van der Waals surface area contributed by atoms with Crippen LogP contribution in [0.15, 0.2) is 54.7 Å². The Kier molecular flexibility index (Phi) is 6.57. The van der Waals surface area contributed by atoms with Gasteiger partial charge in [0.1, 0.15) is 0 Å². The molecule has 4 nitrogen and oxygen atoms in total. The van der Waals surface area contributed by atoms with E-state index < -0.39 is 0 Å². The van der Waals surface area contributed by atoms with Gasteiger partial charge in [-0.05, 0) is 59.6 Å². The third-order valence-corrected chi connectivity index (χ3v) is 6.21. The van der Waals surface area contributed by atoms with Crippen molar-refractivity contribution in [2.24, 2.45) is 5.92 Å². The van der Waals surface area contributed by atoms with Gasteiger partial charge < -0.3 is 9.72 Å². The average molecular weight is 417 g/mol. The maximum absolute atomic E-state index is 11.4. The Morgan fingerprint density at radius 2 is 2.10 bits per heavy atom. The lowest BCUT2D eigenvalue weighted by Gasteiger charge is -2.31. The number of para-hydroxylation sites is 1. The molecule has 0 radical (unpaired) electrons. The molecule has 0 bridgehead atoms. The number of H-pyrrole nitrogens is 1. The second-order valence-corrected chi connectivity index (χ2v) is 8.87. The largest absolute Gasteiger partial charge is 0.466 e. The molecule has 3 aromatic rings. The second-order valence-electron chi connectivity index (χ2n) is 8.87. The fraction of sp³-hybridized carbons (Fsp3) is 0.370. The maximum Gasteiger partial charge on any atom is 0.330 e. The van der Waals surface area contributed by atoms with Gasteiger partial charge >= 0.3 is 5.97 Å². The van der Waals surface area contributed by atoms with E-state index >= 15 is 0 Å². The molecule has 1 aliphatic rings. The van der Waals surface area contributed by atoms with Crippen molar-refractivity contribution in [3.63, 3.8) is 0 Å². The van der Waals surface area contributed by atoms with E-state index in [1.54, 1.807) is 0 Å². The summed E-state index contributed by atoms with van der Waals surface area (Å²) in [5, 5.41) is 1.33. The second kappa shape index (κ2) is 9.52. The number of carbonyl (C=O) groups excluding carboxylic acids is 1. The molecule has 162 valence electrons. The van der Waals surface area contributed by atoms with E-state index in [0.717, 1.165) is 37.9 Å². The normalized spacial score (nSPS) is 16.0. The molecule has 1 aliphatic carbocycles. The summed E-state index contributed by atoms with van der Waals surface area (Å²) in [6, 6.07) is 15.6. The first-order chi connectivity index (χ1) is 15.0. The highest BCUT2D eigenvalue weighted by Gasteiger charge is 2.28. The highest BCUT2D eigenvalue weighted by Crippen LogP contribution is 2.37. The van der Waals surface area contributed by atoms with Crippen molar-refractivity contribution in [2.75, 3.05) is 20.2 Å². The van der Waals surface area contributed by atoms with Gasteiger partial charge in [-0.2, -0.15) is 0 Å². The predicted molar refractivity (Wildman–Crippen MR) is 127 cm³/mol. The van der Waals surface area contributed by atoms with Crippen LogP contribution >= 0.6 is 0 Å². The number of benzene rings is 2. The van der Waals surface area contributed by atoms with Crippen LogP contribution in [0.4, 0.5) is 0 Å². The standard InChI is InChI=1S/C27H32N2O2/c1-19(2)18-29(15-14-22-17-28-25-7-5-4-6-23(22)25)26-12-10-21-16-20(8-11-24(21)26)9-13-27(30)31-3/h4-9,11,13,16-17,19,26,28H,10,12,14-15,18H2,1-3H3. The molecule has 31 heavy (non-hydrogen) atoms. The molecular formula is C27H32N2O2. The molecule has 1 atom stereocenters. The zero-order chi connectivity index (χ0) is 21.8. The van der Waals surface area contributed by atoms with Crippen LogP contribution in [0.2, 0.25) is 0 Å². The Morgan fingerprint density at radius 3 is 2.90 bits per heavy atom. The summed E-state index contributed by atoms with van der Waals surface area (Å²) in [5.74, 6) is 0.299. The van der Waals surface area contributed by atoms with E-state index in [0.29, 0.717) is 12.0 Å². The third-order valence-electron chi connectivity index (χ3n) is 6.21. The van der Waals surface area contributed by atoms with Gasteiger partial charge in [0.2, 0.25) is 0 Å². The van der Waals surface area contributed by atoms with Crippen LogP contribution in [0.3, 0.4) is 0 Å². The highest BCUT2D eigenvalue weighted by atomic mass is 16.5. The summed E-state index contributed by atoms with van der Waals surface area (Å²) in [4.78, 5) is 17.5. The zero-order valence-corrected chi connectivity index (χ0v) is 18.7. The van der Waals surface area contributed by atoms with Crippen LogP contribution in [0.25, 0.3) is 17.0 Å². The van der Waals surface area contributed by atoms with E-state index in [1.807, 2.05) is 6.08 Å². The SMILES string of the molecule is COC(=O)C=Cc1ccc2c(c1)CCC2N(CCc1c[nH]c2ccccc12)CC(C)C. The lowest BCUT2D eigenvalue weighted by atomic mass is 10.0. The number of nitrogens with zero attached hydrogens (tertiary/aromatic N) is 1. The van der Waals surface area contributed by atoms with Crippen molar-refractivity contribution >= 4 is 22.9 Å². The van der Waals surface area contributed by atoms with Gasteiger partial charge in [-0.15, -0.1) is 0 Å². The molecule has 1 unspecified atom stereocenters.